The summed E-state index contributed by atoms with van der Waals surface area (Å²) in [6.45, 7) is 6.63. The Balaban J connectivity index is 1.96. The molecule has 7 nitrogen and oxygen atoms in total. The average molecular weight is 609 g/mol. The zero-order valence-corrected chi connectivity index (χ0v) is 24.0. The molecular formula is C25H24BrCl2N5O2S. The number of benzene rings is 2. The standard InChI is InChI=1S/C25H24BrCl2N5O2S/c1-25(2,3)23-31-30-22(36-23)20-17(11-12-29-24(34)35-4)21(14-5-7-15(26)8-6-14)33(32-20)19-10-9-16(27)13-18(19)28/h5-10,13H,11-12H2,1-4H3,(H,29,34). The van der Waals surface area contributed by atoms with E-state index in [9.17, 15) is 4.79 Å². The fourth-order valence-corrected chi connectivity index (χ4v) is 5.24. The van der Waals surface area contributed by atoms with Crippen molar-refractivity contribution in [2.75, 3.05) is 13.7 Å². The van der Waals surface area contributed by atoms with Gasteiger partial charge in [0.05, 0.1) is 23.5 Å². The Morgan fingerprint density at radius 3 is 2.47 bits per heavy atom. The number of hydrogen-bond donors (Lipinski definition) is 1. The summed E-state index contributed by atoms with van der Waals surface area (Å²) in [5.41, 5.74) is 3.86. The summed E-state index contributed by atoms with van der Waals surface area (Å²) >= 11 is 17.8. The summed E-state index contributed by atoms with van der Waals surface area (Å²) in [6.07, 6.45) is -0.0216. The number of hydrogen-bond acceptors (Lipinski definition) is 6. The smallest absolute Gasteiger partial charge is 0.406 e. The summed E-state index contributed by atoms with van der Waals surface area (Å²) in [4.78, 5) is 11.8. The van der Waals surface area contributed by atoms with Gasteiger partial charge in [0, 0.05) is 32.6 Å². The number of methoxy groups -OCH3 is 1. The van der Waals surface area contributed by atoms with Crippen LogP contribution in [0.25, 0.3) is 27.6 Å². The zero-order valence-electron chi connectivity index (χ0n) is 20.1. The molecule has 0 fully saturated rings. The first-order valence-corrected chi connectivity index (χ1v) is 13.4. The number of nitrogens with one attached hydrogen (secondary N) is 1. The molecule has 0 aliphatic rings. The van der Waals surface area contributed by atoms with Crippen LogP contribution >= 0.6 is 50.5 Å². The maximum Gasteiger partial charge on any atom is 0.406 e. The largest absolute Gasteiger partial charge is 0.453 e. The lowest BCUT2D eigenvalue weighted by Gasteiger charge is -2.12. The molecular weight excluding hydrogens is 585 g/mol. The van der Waals surface area contributed by atoms with Crippen molar-refractivity contribution in [1.82, 2.24) is 25.3 Å². The molecule has 2 aromatic heterocycles. The van der Waals surface area contributed by atoms with E-state index in [1.165, 1.54) is 18.4 Å². The van der Waals surface area contributed by atoms with E-state index in [0.29, 0.717) is 39.4 Å². The van der Waals surface area contributed by atoms with Crippen molar-refractivity contribution in [3.63, 3.8) is 0 Å². The van der Waals surface area contributed by atoms with E-state index in [-0.39, 0.29) is 5.41 Å². The van der Waals surface area contributed by atoms with Crippen LogP contribution < -0.4 is 5.32 Å². The van der Waals surface area contributed by atoms with E-state index in [1.54, 1.807) is 12.1 Å². The van der Waals surface area contributed by atoms with Gasteiger partial charge in [-0.05, 0) is 36.8 Å². The molecule has 0 bridgehead atoms. The fourth-order valence-electron chi connectivity index (χ4n) is 3.57. The van der Waals surface area contributed by atoms with Crippen LogP contribution in [0.5, 0.6) is 0 Å². The third-order valence-corrected chi connectivity index (χ3v) is 7.76. The molecule has 0 spiro atoms. The Labute approximate surface area is 231 Å². The first kappa shape index (κ1) is 26.6. The van der Waals surface area contributed by atoms with Crippen molar-refractivity contribution in [2.45, 2.75) is 32.6 Å². The molecule has 4 aromatic rings. The van der Waals surface area contributed by atoms with Gasteiger partial charge in [-0.1, -0.05) is 83.4 Å². The van der Waals surface area contributed by atoms with Crippen LogP contribution in [0.15, 0.2) is 46.9 Å². The number of carbonyl (C=O) groups excluding carboxylic acids is 1. The third kappa shape index (κ3) is 5.75. The topological polar surface area (TPSA) is 81.9 Å². The van der Waals surface area contributed by atoms with Crippen LogP contribution in [0.4, 0.5) is 4.79 Å². The predicted octanol–water partition coefficient (Wildman–Crippen LogP) is 7.32. The molecule has 0 atom stereocenters. The van der Waals surface area contributed by atoms with Crippen molar-refractivity contribution in [3.8, 4) is 27.6 Å². The van der Waals surface area contributed by atoms with Crippen molar-refractivity contribution >= 4 is 56.6 Å². The molecule has 0 radical (unpaired) electrons. The Bertz CT molecular complexity index is 1400. The van der Waals surface area contributed by atoms with E-state index in [0.717, 1.165) is 26.3 Å². The molecule has 0 unspecified atom stereocenters. The Morgan fingerprint density at radius 2 is 1.86 bits per heavy atom. The maximum absolute atomic E-state index is 11.8. The van der Waals surface area contributed by atoms with Gasteiger partial charge in [0.15, 0.2) is 5.01 Å². The van der Waals surface area contributed by atoms with Gasteiger partial charge in [0.25, 0.3) is 0 Å². The van der Waals surface area contributed by atoms with Crippen LogP contribution in [-0.4, -0.2) is 39.7 Å². The molecule has 2 aromatic carbocycles. The first-order valence-electron chi connectivity index (χ1n) is 11.1. The van der Waals surface area contributed by atoms with Gasteiger partial charge < -0.3 is 10.1 Å². The van der Waals surface area contributed by atoms with Gasteiger partial charge in [0.2, 0.25) is 0 Å². The van der Waals surface area contributed by atoms with Crippen molar-refractivity contribution in [3.05, 3.63) is 67.6 Å². The highest BCUT2D eigenvalue weighted by Crippen LogP contribution is 2.39. The van der Waals surface area contributed by atoms with Gasteiger partial charge in [-0.3, -0.25) is 0 Å². The number of ether oxygens (including phenoxy) is 1. The minimum atomic E-state index is -0.499. The number of aromatic nitrogens is 4. The molecule has 11 heteroatoms. The highest BCUT2D eigenvalue weighted by Gasteiger charge is 2.27. The summed E-state index contributed by atoms with van der Waals surface area (Å²) < 4.78 is 7.51. The molecule has 4 rings (SSSR count). The van der Waals surface area contributed by atoms with E-state index in [4.69, 9.17) is 33.0 Å². The molecule has 0 saturated carbocycles. The number of nitrogens with zero attached hydrogens (tertiary/aromatic N) is 4. The monoisotopic (exact) mass is 607 g/mol. The lowest BCUT2D eigenvalue weighted by molar-refractivity contribution is 0.171. The summed E-state index contributed by atoms with van der Waals surface area (Å²) in [5.74, 6) is 0. The number of halogens is 3. The van der Waals surface area contributed by atoms with Gasteiger partial charge in [0.1, 0.15) is 10.7 Å². The molecule has 2 heterocycles. The Kier molecular flexibility index (Phi) is 8.04. The number of amides is 1. The van der Waals surface area contributed by atoms with Gasteiger partial charge in [-0.25, -0.2) is 9.48 Å². The SMILES string of the molecule is COC(=O)NCCc1c(-c2nnc(C(C)(C)C)s2)nn(-c2ccc(Cl)cc2Cl)c1-c1ccc(Br)cc1. The second-order valence-corrected chi connectivity index (χ2v) is 11.8. The predicted molar refractivity (Wildman–Crippen MR) is 148 cm³/mol. The number of alkyl carbamates (subject to hydrolysis) is 1. The fraction of sp³-hybridized carbons (Fsp3) is 0.280. The van der Waals surface area contributed by atoms with Crippen molar-refractivity contribution in [1.29, 1.82) is 0 Å². The molecule has 1 amide bonds. The maximum atomic E-state index is 11.8. The number of rotatable bonds is 6. The van der Waals surface area contributed by atoms with Crippen LogP contribution in [0.1, 0.15) is 31.3 Å². The Hall–Kier alpha value is -2.46. The minimum Gasteiger partial charge on any atom is -0.453 e. The van der Waals surface area contributed by atoms with Crippen LogP contribution in [0.3, 0.4) is 0 Å². The van der Waals surface area contributed by atoms with Crippen molar-refractivity contribution in [2.24, 2.45) is 0 Å². The molecule has 0 aliphatic carbocycles. The van der Waals surface area contributed by atoms with Gasteiger partial charge in [-0.2, -0.15) is 5.10 Å². The molecule has 188 valence electrons. The van der Waals surface area contributed by atoms with Gasteiger partial charge in [-0.15, -0.1) is 10.2 Å². The van der Waals surface area contributed by atoms with E-state index in [1.807, 2.05) is 35.0 Å². The molecule has 1 N–H and O–H groups in total. The highest BCUT2D eigenvalue weighted by molar-refractivity contribution is 9.10. The molecule has 0 aliphatic heterocycles. The third-order valence-electron chi connectivity index (χ3n) is 5.34. The summed E-state index contributed by atoms with van der Waals surface area (Å²) in [6, 6.07) is 13.2. The second-order valence-electron chi connectivity index (χ2n) is 9.02. The quantitative estimate of drug-likeness (QED) is 0.248. The average Bonchev–Trinajstić information content (AvgIpc) is 3.45. The second kappa shape index (κ2) is 10.9. The number of carbonyl (C=O) groups is 1. The van der Waals surface area contributed by atoms with Crippen LogP contribution in [0.2, 0.25) is 10.0 Å². The summed E-state index contributed by atoms with van der Waals surface area (Å²) in [7, 11) is 1.34. The van der Waals surface area contributed by atoms with E-state index >= 15 is 0 Å². The molecule has 0 saturated heterocycles. The first-order chi connectivity index (χ1) is 17.1. The zero-order chi connectivity index (χ0) is 26.0. The Morgan fingerprint density at radius 1 is 1.14 bits per heavy atom. The minimum absolute atomic E-state index is 0.154. The lowest BCUT2D eigenvalue weighted by atomic mass is 9.98. The molecule has 36 heavy (non-hydrogen) atoms. The highest BCUT2D eigenvalue weighted by atomic mass is 79.9. The summed E-state index contributed by atoms with van der Waals surface area (Å²) in [5, 5.41) is 19.3. The van der Waals surface area contributed by atoms with Crippen LogP contribution in [0, 0.1) is 0 Å². The van der Waals surface area contributed by atoms with Gasteiger partial charge >= 0.3 is 6.09 Å². The van der Waals surface area contributed by atoms with Crippen molar-refractivity contribution < 1.29 is 9.53 Å². The normalized spacial score (nSPS) is 11.5. The van der Waals surface area contributed by atoms with Crippen LogP contribution in [-0.2, 0) is 16.6 Å². The van der Waals surface area contributed by atoms with E-state index in [2.05, 4.69) is 52.2 Å². The van der Waals surface area contributed by atoms with E-state index < -0.39 is 6.09 Å². The lowest BCUT2D eigenvalue weighted by Crippen LogP contribution is -2.25.